The molecule has 1 atom stereocenters. The Bertz CT molecular complexity index is 884. The Hall–Kier alpha value is -2.80. The summed E-state index contributed by atoms with van der Waals surface area (Å²) in [5, 5.41) is 1.84. The SMILES string of the molecule is CC(C)C[C@@H](C(=O)OCCCC(=O)c1cccs1)N1C(=O)c2ccccc2C1=O. The van der Waals surface area contributed by atoms with E-state index in [9.17, 15) is 19.2 Å². The van der Waals surface area contributed by atoms with Crippen LogP contribution in [0.5, 0.6) is 0 Å². The molecule has 2 amide bonds. The minimum Gasteiger partial charge on any atom is -0.464 e. The van der Waals surface area contributed by atoms with Crippen LogP contribution < -0.4 is 0 Å². The Balaban J connectivity index is 1.63. The lowest BCUT2D eigenvalue weighted by Crippen LogP contribution is -2.46. The molecule has 0 radical (unpaired) electrons. The first-order valence-corrected chi connectivity index (χ1v) is 10.5. The van der Waals surface area contributed by atoms with Crippen LogP contribution in [0.3, 0.4) is 0 Å². The van der Waals surface area contributed by atoms with E-state index in [4.69, 9.17) is 4.74 Å². The van der Waals surface area contributed by atoms with Crippen molar-refractivity contribution in [3.63, 3.8) is 0 Å². The molecule has 29 heavy (non-hydrogen) atoms. The maximum atomic E-state index is 12.7. The maximum absolute atomic E-state index is 12.7. The van der Waals surface area contributed by atoms with E-state index in [0.717, 1.165) is 4.90 Å². The molecule has 0 bridgehead atoms. The fraction of sp³-hybridized carbons (Fsp3) is 0.364. The molecule has 2 aromatic rings. The van der Waals surface area contributed by atoms with Crippen molar-refractivity contribution in [3.8, 4) is 0 Å². The van der Waals surface area contributed by atoms with E-state index in [-0.39, 0.29) is 24.7 Å². The summed E-state index contributed by atoms with van der Waals surface area (Å²) >= 11 is 1.38. The highest BCUT2D eigenvalue weighted by molar-refractivity contribution is 7.12. The fourth-order valence-corrected chi connectivity index (χ4v) is 4.00. The third kappa shape index (κ3) is 4.62. The Labute approximate surface area is 173 Å². The van der Waals surface area contributed by atoms with E-state index in [2.05, 4.69) is 0 Å². The molecule has 0 N–H and O–H groups in total. The molecule has 0 unspecified atom stereocenters. The zero-order valence-corrected chi connectivity index (χ0v) is 17.2. The second kappa shape index (κ2) is 9.13. The lowest BCUT2D eigenvalue weighted by atomic mass is 10.0. The number of ether oxygens (including phenoxy) is 1. The number of carbonyl (C=O) groups is 4. The number of Topliss-reactive ketones (excluding diaryl/α,β-unsaturated/α-hetero) is 1. The molecule has 1 aromatic heterocycles. The van der Waals surface area contributed by atoms with Crippen molar-refractivity contribution in [3.05, 3.63) is 57.8 Å². The smallest absolute Gasteiger partial charge is 0.329 e. The molecule has 0 fully saturated rings. The highest BCUT2D eigenvalue weighted by Crippen LogP contribution is 2.27. The highest BCUT2D eigenvalue weighted by atomic mass is 32.1. The van der Waals surface area contributed by atoms with Crippen LogP contribution in [0.4, 0.5) is 0 Å². The number of hydrogen-bond donors (Lipinski definition) is 0. The summed E-state index contributed by atoms with van der Waals surface area (Å²) < 4.78 is 5.35. The molecule has 1 aliphatic heterocycles. The standard InChI is InChI=1S/C22H23NO5S/c1-14(2)13-17(23-20(25)15-7-3-4-8-16(15)21(23)26)22(27)28-11-5-9-18(24)19-10-6-12-29-19/h3-4,6-8,10,12,14,17H,5,9,11,13H2,1-2H3/t17-/m0/s1. The normalized spacial score (nSPS) is 14.2. The van der Waals surface area contributed by atoms with Gasteiger partial charge in [0.25, 0.3) is 11.8 Å². The first kappa shape index (κ1) is 20.9. The number of ketones is 1. The number of carbonyl (C=O) groups excluding carboxylic acids is 4. The van der Waals surface area contributed by atoms with Gasteiger partial charge in [-0.3, -0.25) is 19.3 Å². The fourth-order valence-electron chi connectivity index (χ4n) is 3.31. The van der Waals surface area contributed by atoms with Crippen LogP contribution in [0, 0.1) is 5.92 Å². The monoisotopic (exact) mass is 413 g/mol. The van der Waals surface area contributed by atoms with Gasteiger partial charge in [0, 0.05) is 6.42 Å². The van der Waals surface area contributed by atoms with Crippen molar-refractivity contribution in [2.75, 3.05) is 6.61 Å². The van der Waals surface area contributed by atoms with Gasteiger partial charge in [-0.1, -0.05) is 32.0 Å². The van der Waals surface area contributed by atoms with Gasteiger partial charge in [-0.05, 0) is 42.3 Å². The number of rotatable bonds is 9. The molecule has 6 nitrogen and oxygen atoms in total. The first-order chi connectivity index (χ1) is 13.9. The average molecular weight is 413 g/mol. The van der Waals surface area contributed by atoms with E-state index < -0.39 is 23.8 Å². The van der Waals surface area contributed by atoms with E-state index in [1.807, 2.05) is 25.3 Å². The Kier molecular flexibility index (Phi) is 6.59. The van der Waals surface area contributed by atoms with Crippen molar-refractivity contribution in [2.45, 2.75) is 39.2 Å². The number of esters is 1. The van der Waals surface area contributed by atoms with Crippen molar-refractivity contribution in [2.24, 2.45) is 5.92 Å². The molecule has 7 heteroatoms. The van der Waals surface area contributed by atoms with E-state index >= 15 is 0 Å². The van der Waals surface area contributed by atoms with Crippen LogP contribution in [0.15, 0.2) is 41.8 Å². The van der Waals surface area contributed by atoms with Gasteiger partial charge >= 0.3 is 5.97 Å². The Morgan fingerprint density at radius 3 is 2.24 bits per heavy atom. The Morgan fingerprint density at radius 1 is 1.03 bits per heavy atom. The molecule has 0 saturated carbocycles. The van der Waals surface area contributed by atoms with Gasteiger partial charge in [0.2, 0.25) is 0 Å². The number of nitrogens with zero attached hydrogens (tertiary/aromatic N) is 1. The van der Waals surface area contributed by atoms with Gasteiger partial charge in [0.05, 0.1) is 22.6 Å². The van der Waals surface area contributed by atoms with Crippen LogP contribution in [0.2, 0.25) is 0 Å². The third-order valence-electron chi connectivity index (χ3n) is 4.69. The van der Waals surface area contributed by atoms with Crippen LogP contribution in [-0.4, -0.2) is 41.1 Å². The molecule has 1 aliphatic rings. The van der Waals surface area contributed by atoms with Gasteiger partial charge < -0.3 is 4.74 Å². The Morgan fingerprint density at radius 2 is 1.69 bits per heavy atom. The largest absolute Gasteiger partial charge is 0.464 e. The van der Waals surface area contributed by atoms with Crippen LogP contribution in [-0.2, 0) is 9.53 Å². The van der Waals surface area contributed by atoms with Crippen LogP contribution in [0.1, 0.15) is 63.5 Å². The number of amides is 2. The van der Waals surface area contributed by atoms with Crippen LogP contribution >= 0.6 is 11.3 Å². The summed E-state index contributed by atoms with van der Waals surface area (Å²) in [7, 11) is 0. The zero-order valence-electron chi connectivity index (χ0n) is 16.4. The summed E-state index contributed by atoms with van der Waals surface area (Å²) in [6.45, 7) is 3.89. The first-order valence-electron chi connectivity index (χ1n) is 9.60. The summed E-state index contributed by atoms with van der Waals surface area (Å²) in [6, 6.07) is 9.15. The highest BCUT2D eigenvalue weighted by Gasteiger charge is 2.43. The van der Waals surface area contributed by atoms with Crippen molar-refractivity contribution >= 4 is 34.9 Å². The molecule has 0 saturated heterocycles. The lowest BCUT2D eigenvalue weighted by Gasteiger charge is -2.26. The minimum atomic E-state index is -0.976. The van der Waals surface area contributed by atoms with Gasteiger partial charge in [0.15, 0.2) is 5.78 Å². The lowest BCUT2D eigenvalue weighted by molar-refractivity contribution is -0.149. The van der Waals surface area contributed by atoms with Gasteiger partial charge in [-0.2, -0.15) is 0 Å². The van der Waals surface area contributed by atoms with Crippen molar-refractivity contribution < 1.29 is 23.9 Å². The zero-order chi connectivity index (χ0) is 21.0. The summed E-state index contributed by atoms with van der Waals surface area (Å²) in [4.78, 5) is 51.9. The quantitative estimate of drug-likeness (QED) is 0.269. The number of imide groups is 1. The summed E-state index contributed by atoms with van der Waals surface area (Å²) in [5.41, 5.74) is 0.612. The summed E-state index contributed by atoms with van der Waals surface area (Å²) in [6.07, 6.45) is 0.979. The van der Waals surface area contributed by atoms with Gasteiger partial charge in [-0.25, -0.2) is 4.79 Å². The molecular formula is C22H23NO5S. The van der Waals surface area contributed by atoms with E-state index in [1.54, 1.807) is 30.3 Å². The molecule has 3 rings (SSSR count). The van der Waals surface area contributed by atoms with E-state index in [1.165, 1.54) is 11.3 Å². The van der Waals surface area contributed by atoms with Crippen molar-refractivity contribution in [1.82, 2.24) is 4.90 Å². The minimum absolute atomic E-state index is 0.00938. The number of fused-ring (bicyclic) bond motifs is 1. The number of benzene rings is 1. The van der Waals surface area contributed by atoms with Gasteiger partial charge in [-0.15, -0.1) is 11.3 Å². The molecule has 152 valence electrons. The predicted molar refractivity (Wildman–Crippen MR) is 109 cm³/mol. The molecule has 1 aromatic carbocycles. The third-order valence-corrected chi connectivity index (χ3v) is 5.60. The second-order valence-corrected chi connectivity index (χ2v) is 8.29. The van der Waals surface area contributed by atoms with Gasteiger partial charge in [0.1, 0.15) is 6.04 Å². The summed E-state index contributed by atoms with van der Waals surface area (Å²) in [5.74, 6) is -1.47. The predicted octanol–water partition coefficient (Wildman–Crippen LogP) is 3.97. The maximum Gasteiger partial charge on any atom is 0.329 e. The molecular weight excluding hydrogens is 390 g/mol. The van der Waals surface area contributed by atoms with Crippen molar-refractivity contribution in [1.29, 1.82) is 0 Å². The molecule has 0 aliphatic carbocycles. The number of hydrogen-bond acceptors (Lipinski definition) is 6. The topological polar surface area (TPSA) is 80.8 Å². The number of thiophene rings is 1. The van der Waals surface area contributed by atoms with E-state index in [0.29, 0.717) is 28.8 Å². The average Bonchev–Trinajstić information content (AvgIpc) is 3.32. The second-order valence-electron chi connectivity index (χ2n) is 7.34. The molecule has 0 spiro atoms. The van der Waals surface area contributed by atoms with Crippen LogP contribution in [0.25, 0.3) is 0 Å². The molecule has 2 heterocycles.